The third-order valence-electron chi connectivity index (χ3n) is 3.69. The molecule has 0 aliphatic heterocycles. The number of carbonyl (C=O) groups excluding carboxylic acids is 2. The summed E-state index contributed by atoms with van der Waals surface area (Å²) >= 11 is 0. The van der Waals surface area contributed by atoms with E-state index in [0.717, 1.165) is 11.1 Å². The highest BCUT2D eigenvalue weighted by molar-refractivity contribution is 6.01. The second kappa shape index (κ2) is 7.65. The van der Waals surface area contributed by atoms with Gasteiger partial charge in [-0.1, -0.05) is 29.8 Å². The molecule has 0 aliphatic rings. The average Bonchev–Trinajstić information content (AvgIpc) is 3.23. The fourth-order valence-corrected chi connectivity index (χ4v) is 2.44. The van der Waals surface area contributed by atoms with Gasteiger partial charge in [0.1, 0.15) is 5.76 Å². The van der Waals surface area contributed by atoms with E-state index in [4.69, 9.17) is 4.42 Å². The molecule has 26 heavy (non-hydrogen) atoms. The largest absolute Gasteiger partial charge is 0.456 e. The highest BCUT2D eigenvalue weighted by atomic mass is 16.3. The summed E-state index contributed by atoms with van der Waals surface area (Å²) in [6.45, 7) is 3.83. The first-order valence-corrected chi connectivity index (χ1v) is 8.18. The van der Waals surface area contributed by atoms with E-state index in [1.807, 2.05) is 31.2 Å². The number of benzene rings is 1. The predicted molar refractivity (Wildman–Crippen MR) is 98.9 cm³/mol. The molecular weight excluding hydrogens is 330 g/mol. The third-order valence-corrected chi connectivity index (χ3v) is 3.69. The summed E-state index contributed by atoms with van der Waals surface area (Å²) in [5.41, 5.74) is 2.10. The number of nitrogens with zero attached hydrogens (tertiary/aromatic N) is 2. The van der Waals surface area contributed by atoms with Crippen LogP contribution in [-0.2, 0) is 11.3 Å². The van der Waals surface area contributed by atoms with Crippen molar-refractivity contribution in [2.24, 2.45) is 0 Å². The number of Topliss-reactive ketones (excluding diaryl/α,β-unsaturated/α-hetero) is 1. The maximum absolute atomic E-state index is 12.0. The van der Waals surface area contributed by atoms with Crippen LogP contribution in [0.25, 0.3) is 6.08 Å². The standard InChI is InChI=1S/C20H19N3O3/c1-14-4-3-5-16(12-14)6-9-20(25)21-19-10-11-23(22-19)13-17-7-8-18(26-17)15(2)24/h3-12H,13H2,1-2H3,(H,21,22,25)/b9-6-. The van der Waals surface area contributed by atoms with Crippen molar-refractivity contribution in [3.8, 4) is 0 Å². The Kier molecular flexibility index (Phi) is 5.12. The molecule has 0 bridgehead atoms. The number of anilines is 1. The molecule has 1 amide bonds. The summed E-state index contributed by atoms with van der Waals surface area (Å²) < 4.78 is 7.06. The summed E-state index contributed by atoms with van der Waals surface area (Å²) in [4.78, 5) is 23.3. The van der Waals surface area contributed by atoms with Gasteiger partial charge in [0, 0.05) is 25.3 Å². The van der Waals surface area contributed by atoms with Crippen molar-refractivity contribution in [1.82, 2.24) is 9.78 Å². The van der Waals surface area contributed by atoms with Gasteiger partial charge in [-0.25, -0.2) is 0 Å². The van der Waals surface area contributed by atoms with Gasteiger partial charge in [-0.05, 0) is 30.7 Å². The van der Waals surface area contributed by atoms with Crippen LogP contribution in [0.2, 0.25) is 0 Å². The van der Waals surface area contributed by atoms with Crippen molar-refractivity contribution in [2.75, 3.05) is 5.32 Å². The SMILES string of the molecule is CC(=O)c1ccc(Cn2ccc(NC(=O)/C=C\c3cccc(C)c3)n2)o1. The van der Waals surface area contributed by atoms with E-state index < -0.39 is 0 Å². The van der Waals surface area contributed by atoms with Gasteiger partial charge in [0.05, 0.1) is 6.54 Å². The molecule has 1 aromatic carbocycles. The first-order chi connectivity index (χ1) is 12.5. The van der Waals surface area contributed by atoms with Gasteiger partial charge >= 0.3 is 0 Å². The van der Waals surface area contributed by atoms with E-state index in [1.165, 1.54) is 13.0 Å². The Balaban J connectivity index is 1.59. The van der Waals surface area contributed by atoms with Crippen LogP contribution < -0.4 is 5.32 Å². The van der Waals surface area contributed by atoms with Gasteiger partial charge in [0.15, 0.2) is 17.4 Å². The minimum absolute atomic E-state index is 0.120. The fourth-order valence-electron chi connectivity index (χ4n) is 2.44. The van der Waals surface area contributed by atoms with Crippen LogP contribution in [0.3, 0.4) is 0 Å². The lowest BCUT2D eigenvalue weighted by Gasteiger charge is -1.99. The van der Waals surface area contributed by atoms with Crippen molar-refractivity contribution >= 4 is 23.6 Å². The van der Waals surface area contributed by atoms with Crippen LogP contribution in [0.1, 0.15) is 34.4 Å². The van der Waals surface area contributed by atoms with E-state index in [0.29, 0.717) is 23.9 Å². The van der Waals surface area contributed by atoms with Gasteiger partial charge in [-0.15, -0.1) is 0 Å². The summed E-state index contributed by atoms with van der Waals surface area (Å²) in [6.07, 6.45) is 4.96. The summed E-state index contributed by atoms with van der Waals surface area (Å²) in [6, 6.07) is 13.0. The van der Waals surface area contributed by atoms with Crippen molar-refractivity contribution in [3.63, 3.8) is 0 Å². The Bertz CT molecular complexity index is 966. The molecule has 3 aromatic rings. The zero-order valence-electron chi connectivity index (χ0n) is 14.6. The van der Waals surface area contributed by atoms with Crippen molar-refractivity contribution < 1.29 is 14.0 Å². The number of nitrogens with one attached hydrogen (secondary N) is 1. The summed E-state index contributed by atoms with van der Waals surface area (Å²) in [5, 5.41) is 6.99. The molecule has 6 heteroatoms. The molecule has 132 valence electrons. The molecule has 0 spiro atoms. The number of rotatable bonds is 6. The molecule has 0 saturated carbocycles. The van der Waals surface area contributed by atoms with E-state index >= 15 is 0 Å². The van der Waals surface area contributed by atoms with Crippen LogP contribution in [0.15, 0.2) is 59.2 Å². The second-order valence-corrected chi connectivity index (χ2v) is 5.96. The Morgan fingerprint density at radius 2 is 2.08 bits per heavy atom. The second-order valence-electron chi connectivity index (χ2n) is 5.96. The number of aryl methyl sites for hydroxylation is 1. The maximum Gasteiger partial charge on any atom is 0.249 e. The van der Waals surface area contributed by atoms with Gasteiger partial charge in [0.2, 0.25) is 5.91 Å². The first-order valence-electron chi connectivity index (χ1n) is 8.18. The number of amides is 1. The molecule has 0 atom stereocenters. The Labute approximate surface area is 151 Å². The summed E-state index contributed by atoms with van der Waals surface area (Å²) in [5.74, 6) is 1.01. The number of hydrogen-bond donors (Lipinski definition) is 1. The minimum atomic E-state index is -0.256. The number of ketones is 1. The zero-order valence-corrected chi connectivity index (χ0v) is 14.6. The number of hydrogen-bond acceptors (Lipinski definition) is 4. The molecular formula is C20H19N3O3. The Hall–Kier alpha value is -3.41. The van der Waals surface area contributed by atoms with E-state index in [1.54, 1.807) is 35.2 Å². The molecule has 0 saturated heterocycles. The van der Waals surface area contributed by atoms with Crippen molar-refractivity contribution in [3.05, 3.63) is 77.4 Å². The average molecular weight is 349 g/mol. The fraction of sp³-hybridized carbons (Fsp3) is 0.150. The smallest absolute Gasteiger partial charge is 0.249 e. The van der Waals surface area contributed by atoms with Crippen LogP contribution in [0.5, 0.6) is 0 Å². The molecule has 0 fully saturated rings. The monoisotopic (exact) mass is 349 g/mol. The van der Waals surface area contributed by atoms with E-state index in [-0.39, 0.29) is 11.7 Å². The lowest BCUT2D eigenvalue weighted by molar-refractivity contribution is -0.111. The molecule has 2 heterocycles. The quantitative estimate of drug-likeness (QED) is 0.544. The Morgan fingerprint density at radius 1 is 1.23 bits per heavy atom. The highest BCUT2D eigenvalue weighted by Gasteiger charge is 2.08. The summed E-state index contributed by atoms with van der Waals surface area (Å²) in [7, 11) is 0. The molecule has 3 rings (SSSR count). The van der Waals surface area contributed by atoms with Crippen LogP contribution >= 0.6 is 0 Å². The molecule has 2 aromatic heterocycles. The predicted octanol–water partition coefficient (Wildman–Crippen LogP) is 3.69. The van der Waals surface area contributed by atoms with Gasteiger partial charge in [-0.3, -0.25) is 14.3 Å². The van der Waals surface area contributed by atoms with Crippen molar-refractivity contribution in [2.45, 2.75) is 20.4 Å². The number of aromatic nitrogens is 2. The maximum atomic E-state index is 12.0. The minimum Gasteiger partial charge on any atom is -0.456 e. The third kappa shape index (κ3) is 4.57. The zero-order chi connectivity index (χ0) is 18.5. The number of carbonyl (C=O) groups is 2. The molecule has 6 nitrogen and oxygen atoms in total. The van der Waals surface area contributed by atoms with Gasteiger partial charge < -0.3 is 9.73 Å². The lowest BCUT2D eigenvalue weighted by Crippen LogP contribution is -2.09. The Morgan fingerprint density at radius 3 is 2.81 bits per heavy atom. The topological polar surface area (TPSA) is 77.1 Å². The molecule has 1 N–H and O–H groups in total. The first kappa shape index (κ1) is 17.4. The molecule has 0 aliphatic carbocycles. The molecule has 0 radical (unpaired) electrons. The van der Waals surface area contributed by atoms with Crippen LogP contribution in [0, 0.1) is 6.92 Å². The molecule has 0 unspecified atom stereocenters. The van der Waals surface area contributed by atoms with Crippen molar-refractivity contribution in [1.29, 1.82) is 0 Å². The van der Waals surface area contributed by atoms with E-state index in [9.17, 15) is 9.59 Å². The lowest BCUT2D eigenvalue weighted by atomic mass is 10.1. The van der Waals surface area contributed by atoms with Crippen LogP contribution in [-0.4, -0.2) is 21.5 Å². The normalized spacial score (nSPS) is 11.0. The van der Waals surface area contributed by atoms with Crippen LogP contribution in [0.4, 0.5) is 5.82 Å². The highest BCUT2D eigenvalue weighted by Crippen LogP contribution is 2.12. The van der Waals surface area contributed by atoms with Gasteiger partial charge in [0.25, 0.3) is 0 Å². The van der Waals surface area contributed by atoms with E-state index in [2.05, 4.69) is 10.4 Å². The van der Waals surface area contributed by atoms with Gasteiger partial charge in [-0.2, -0.15) is 5.10 Å². The number of furan rings is 1.